The summed E-state index contributed by atoms with van der Waals surface area (Å²) in [5.74, 6) is 0.669. The molecule has 1 atom stereocenters. The number of rotatable bonds is 3. The van der Waals surface area contributed by atoms with Crippen LogP contribution in [-0.4, -0.2) is 48.8 Å². The van der Waals surface area contributed by atoms with E-state index in [1.807, 2.05) is 12.1 Å². The molecule has 0 radical (unpaired) electrons. The highest BCUT2D eigenvalue weighted by molar-refractivity contribution is 5.91. The van der Waals surface area contributed by atoms with E-state index in [2.05, 4.69) is 15.2 Å². The zero-order chi connectivity index (χ0) is 15.6. The highest BCUT2D eigenvalue weighted by Gasteiger charge is 2.42. The van der Waals surface area contributed by atoms with Crippen LogP contribution in [0.2, 0.25) is 0 Å². The Morgan fingerprint density at radius 3 is 2.86 bits per heavy atom. The van der Waals surface area contributed by atoms with Gasteiger partial charge in [0.05, 0.1) is 0 Å². The number of aliphatic hydroxyl groups excluding tert-OH is 1. The molecule has 6 nitrogen and oxygen atoms in total. The van der Waals surface area contributed by atoms with Crippen molar-refractivity contribution < 1.29 is 9.90 Å². The predicted octanol–water partition coefficient (Wildman–Crippen LogP) is 0.369. The van der Waals surface area contributed by atoms with E-state index in [9.17, 15) is 9.90 Å². The standard InChI is InChI=1S/C16H24N4O2/c17-15(22)13-2-1-3-14(19-13)20-8-5-16(6-9-20)4-7-18-10-12(16)11-21/h1-3,12,18,21H,4-11H2,(H2,17,22)/t12-/m1/s1. The van der Waals surface area contributed by atoms with Crippen LogP contribution in [0.1, 0.15) is 29.8 Å². The highest BCUT2D eigenvalue weighted by atomic mass is 16.3. The fourth-order valence-electron chi connectivity index (χ4n) is 3.87. The second kappa shape index (κ2) is 6.22. The first-order chi connectivity index (χ1) is 10.6. The first-order valence-electron chi connectivity index (χ1n) is 7.98. The van der Waals surface area contributed by atoms with Crippen LogP contribution in [-0.2, 0) is 0 Å². The van der Waals surface area contributed by atoms with Gasteiger partial charge in [-0.3, -0.25) is 4.79 Å². The lowest BCUT2D eigenvalue weighted by molar-refractivity contribution is 0.0326. The van der Waals surface area contributed by atoms with Crippen molar-refractivity contribution in [1.29, 1.82) is 0 Å². The second-order valence-electron chi connectivity index (χ2n) is 6.43. The molecule has 0 unspecified atom stereocenters. The van der Waals surface area contributed by atoms with Crippen molar-refractivity contribution in [2.24, 2.45) is 17.1 Å². The number of carbonyl (C=O) groups is 1. The molecule has 22 heavy (non-hydrogen) atoms. The monoisotopic (exact) mass is 304 g/mol. The molecule has 2 saturated heterocycles. The van der Waals surface area contributed by atoms with Gasteiger partial charge in [0.25, 0.3) is 5.91 Å². The van der Waals surface area contributed by atoms with E-state index in [1.54, 1.807) is 6.07 Å². The van der Waals surface area contributed by atoms with Crippen molar-refractivity contribution in [3.05, 3.63) is 23.9 Å². The fraction of sp³-hybridized carbons (Fsp3) is 0.625. The quantitative estimate of drug-likeness (QED) is 0.750. The molecule has 1 spiro atoms. The summed E-state index contributed by atoms with van der Waals surface area (Å²) >= 11 is 0. The Morgan fingerprint density at radius 1 is 1.41 bits per heavy atom. The molecule has 0 bridgehead atoms. The number of amides is 1. The van der Waals surface area contributed by atoms with E-state index in [4.69, 9.17) is 5.73 Å². The number of hydrogen-bond donors (Lipinski definition) is 3. The Hall–Kier alpha value is -1.66. The third-order valence-electron chi connectivity index (χ3n) is 5.35. The minimum absolute atomic E-state index is 0.248. The zero-order valence-corrected chi connectivity index (χ0v) is 12.8. The van der Waals surface area contributed by atoms with Crippen molar-refractivity contribution in [3.8, 4) is 0 Å². The number of nitrogens with one attached hydrogen (secondary N) is 1. The summed E-state index contributed by atoms with van der Waals surface area (Å²) in [5.41, 5.74) is 5.87. The van der Waals surface area contributed by atoms with Crippen LogP contribution in [0.25, 0.3) is 0 Å². The maximum absolute atomic E-state index is 11.3. The minimum atomic E-state index is -0.492. The molecule has 0 aromatic carbocycles. The van der Waals surface area contributed by atoms with Gasteiger partial charge in [0.1, 0.15) is 11.5 Å². The van der Waals surface area contributed by atoms with Crippen LogP contribution in [0.3, 0.4) is 0 Å². The number of primary amides is 1. The van der Waals surface area contributed by atoms with E-state index in [1.165, 1.54) is 0 Å². The topological polar surface area (TPSA) is 91.5 Å². The predicted molar refractivity (Wildman–Crippen MR) is 84.7 cm³/mol. The number of piperidine rings is 2. The smallest absolute Gasteiger partial charge is 0.267 e. The molecule has 6 heteroatoms. The summed E-state index contributed by atoms with van der Waals surface area (Å²) < 4.78 is 0. The summed E-state index contributed by atoms with van der Waals surface area (Å²) in [6.07, 6.45) is 3.24. The van der Waals surface area contributed by atoms with Gasteiger partial charge in [-0.15, -0.1) is 0 Å². The molecule has 2 fully saturated rings. The number of nitrogens with zero attached hydrogens (tertiary/aromatic N) is 2. The van der Waals surface area contributed by atoms with Crippen molar-refractivity contribution in [2.75, 3.05) is 37.7 Å². The first kappa shape index (κ1) is 15.2. The number of aromatic nitrogens is 1. The lowest BCUT2D eigenvalue weighted by atomic mass is 9.65. The molecule has 3 rings (SSSR count). The van der Waals surface area contributed by atoms with E-state index >= 15 is 0 Å². The average molecular weight is 304 g/mol. The van der Waals surface area contributed by atoms with Gasteiger partial charge in [0, 0.05) is 32.2 Å². The molecule has 2 aliphatic rings. The second-order valence-corrected chi connectivity index (χ2v) is 6.43. The Labute approximate surface area is 130 Å². The Bertz CT molecular complexity index is 541. The van der Waals surface area contributed by atoms with Gasteiger partial charge in [0.15, 0.2) is 0 Å². The Kier molecular flexibility index (Phi) is 4.31. The maximum Gasteiger partial charge on any atom is 0.267 e. The molecule has 120 valence electrons. The summed E-state index contributed by atoms with van der Waals surface area (Å²) in [5, 5.41) is 13.1. The van der Waals surface area contributed by atoms with Crippen LogP contribution in [0.15, 0.2) is 18.2 Å². The van der Waals surface area contributed by atoms with Crippen molar-refractivity contribution >= 4 is 11.7 Å². The molecular formula is C16H24N4O2. The number of hydrogen-bond acceptors (Lipinski definition) is 5. The van der Waals surface area contributed by atoms with Gasteiger partial charge in [-0.1, -0.05) is 6.07 Å². The lowest BCUT2D eigenvalue weighted by Gasteiger charge is -2.49. The van der Waals surface area contributed by atoms with Crippen LogP contribution < -0.4 is 16.0 Å². The fourth-order valence-corrected chi connectivity index (χ4v) is 3.87. The van der Waals surface area contributed by atoms with Gasteiger partial charge in [0.2, 0.25) is 0 Å². The van der Waals surface area contributed by atoms with E-state index in [0.717, 1.165) is 51.3 Å². The van der Waals surface area contributed by atoms with Gasteiger partial charge in [-0.05, 0) is 43.4 Å². The van der Waals surface area contributed by atoms with Gasteiger partial charge >= 0.3 is 0 Å². The molecule has 2 aliphatic heterocycles. The SMILES string of the molecule is NC(=O)c1cccc(N2CCC3(CCNC[C@@H]3CO)CC2)n1. The molecule has 1 aromatic heterocycles. The third-order valence-corrected chi connectivity index (χ3v) is 5.35. The average Bonchev–Trinajstić information content (AvgIpc) is 2.56. The first-order valence-corrected chi connectivity index (χ1v) is 7.98. The summed E-state index contributed by atoms with van der Waals surface area (Å²) in [4.78, 5) is 17.8. The number of pyridine rings is 1. The molecule has 4 N–H and O–H groups in total. The molecule has 1 amide bonds. The number of nitrogens with two attached hydrogens (primary N) is 1. The molecule has 0 saturated carbocycles. The lowest BCUT2D eigenvalue weighted by Crippen LogP contribution is -2.52. The minimum Gasteiger partial charge on any atom is -0.396 e. The molecule has 1 aromatic rings. The maximum atomic E-state index is 11.3. The van der Waals surface area contributed by atoms with Crippen molar-refractivity contribution in [1.82, 2.24) is 10.3 Å². The van der Waals surface area contributed by atoms with Gasteiger partial charge < -0.3 is 21.1 Å². The van der Waals surface area contributed by atoms with Gasteiger partial charge in [-0.2, -0.15) is 0 Å². The van der Waals surface area contributed by atoms with E-state index in [-0.39, 0.29) is 12.0 Å². The molecular weight excluding hydrogens is 280 g/mol. The highest BCUT2D eigenvalue weighted by Crippen LogP contribution is 2.43. The van der Waals surface area contributed by atoms with Crippen LogP contribution in [0.4, 0.5) is 5.82 Å². The zero-order valence-electron chi connectivity index (χ0n) is 12.8. The number of aliphatic hydroxyl groups is 1. The summed E-state index contributed by atoms with van der Waals surface area (Å²) in [7, 11) is 0. The molecule has 3 heterocycles. The van der Waals surface area contributed by atoms with Crippen LogP contribution in [0, 0.1) is 11.3 Å². The molecule has 0 aliphatic carbocycles. The normalized spacial score (nSPS) is 24.4. The Morgan fingerprint density at radius 2 is 2.18 bits per heavy atom. The largest absolute Gasteiger partial charge is 0.396 e. The van der Waals surface area contributed by atoms with Gasteiger partial charge in [-0.25, -0.2) is 4.98 Å². The third kappa shape index (κ3) is 2.80. The van der Waals surface area contributed by atoms with Crippen molar-refractivity contribution in [3.63, 3.8) is 0 Å². The van der Waals surface area contributed by atoms with Crippen LogP contribution in [0.5, 0.6) is 0 Å². The van der Waals surface area contributed by atoms with Crippen molar-refractivity contribution in [2.45, 2.75) is 19.3 Å². The number of carbonyl (C=O) groups excluding carboxylic acids is 1. The van der Waals surface area contributed by atoms with Crippen LogP contribution >= 0.6 is 0 Å². The van der Waals surface area contributed by atoms with E-state index < -0.39 is 5.91 Å². The van der Waals surface area contributed by atoms with E-state index in [0.29, 0.717) is 11.6 Å². The summed E-state index contributed by atoms with van der Waals surface area (Å²) in [6, 6.07) is 5.40. The number of anilines is 1. The Balaban J connectivity index is 1.71. The summed E-state index contributed by atoms with van der Waals surface area (Å²) in [6.45, 7) is 4.01.